The molecule has 1 aliphatic heterocycles. The number of nitrogens with one attached hydrogen (secondary N) is 1. The fraction of sp³-hybridized carbons (Fsp3) is 0.200. The molecule has 9 nitrogen and oxygen atoms in total. The van der Waals surface area contributed by atoms with Gasteiger partial charge in [-0.25, -0.2) is 9.78 Å². The summed E-state index contributed by atoms with van der Waals surface area (Å²) >= 11 is 1.32. The van der Waals surface area contributed by atoms with Gasteiger partial charge in [0.25, 0.3) is 5.91 Å². The Morgan fingerprint density at radius 1 is 0.975 bits per heavy atom. The first-order valence-corrected chi connectivity index (χ1v) is 13.6. The number of carboxylic acid groups (broad SMARTS) is 1. The number of thioether (sulfide) groups is 1. The number of aromatic carboxylic acids is 1. The van der Waals surface area contributed by atoms with E-state index in [9.17, 15) is 19.8 Å². The lowest BCUT2D eigenvalue weighted by Crippen LogP contribution is -2.31. The summed E-state index contributed by atoms with van der Waals surface area (Å²) in [4.78, 5) is 32.5. The molecule has 1 amide bonds. The number of benzene rings is 2. The van der Waals surface area contributed by atoms with Gasteiger partial charge in [-0.1, -0.05) is 36.4 Å². The van der Waals surface area contributed by atoms with E-state index in [2.05, 4.69) is 15.3 Å². The summed E-state index contributed by atoms with van der Waals surface area (Å²) < 4.78 is 12.7. The maximum absolute atomic E-state index is 12.7. The lowest BCUT2D eigenvalue weighted by molar-refractivity contribution is -0.245. The van der Waals surface area contributed by atoms with Crippen LogP contribution in [0.25, 0.3) is 0 Å². The Morgan fingerprint density at radius 3 is 2.55 bits per heavy atom. The number of aliphatic hydroxyl groups is 1. The van der Waals surface area contributed by atoms with Gasteiger partial charge >= 0.3 is 5.97 Å². The number of ether oxygens (including phenoxy) is 2. The first-order chi connectivity index (χ1) is 19.5. The van der Waals surface area contributed by atoms with E-state index in [4.69, 9.17) is 9.47 Å². The number of anilines is 1. The zero-order valence-electron chi connectivity index (χ0n) is 21.3. The minimum absolute atomic E-state index is 0.0512. The molecular weight excluding hydrogens is 530 g/mol. The van der Waals surface area contributed by atoms with Crippen LogP contribution in [0.1, 0.15) is 56.2 Å². The molecule has 0 bridgehead atoms. The minimum Gasteiger partial charge on any atom is -0.478 e. The van der Waals surface area contributed by atoms with Gasteiger partial charge in [-0.05, 0) is 47.5 Å². The molecule has 5 rings (SSSR count). The summed E-state index contributed by atoms with van der Waals surface area (Å²) in [5, 5.41) is 22.3. The zero-order valence-corrected chi connectivity index (χ0v) is 22.2. The lowest BCUT2D eigenvalue weighted by atomic mass is 10.0. The first-order valence-electron chi connectivity index (χ1n) is 12.6. The number of amides is 1. The highest BCUT2D eigenvalue weighted by Crippen LogP contribution is 2.40. The van der Waals surface area contributed by atoms with Gasteiger partial charge in [0.05, 0.1) is 29.9 Å². The fourth-order valence-corrected chi connectivity index (χ4v) is 5.33. The Labute approximate surface area is 235 Å². The quantitative estimate of drug-likeness (QED) is 0.236. The molecular formula is C30H27N3O6S. The Hall–Kier alpha value is -4.09. The second-order valence-electron chi connectivity index (χ2n) is 9.14. The highest BCUT2D eigenvalue weighted by molar-refractivity contribution is 7.99. The molecule has 1 saturated heterocycles. The lowest BCUT2D eigenvalue weighted by Gasteiger charge is -2.36. The molecule has 0 saturated carbocycles. The van der Waals surface area contributed by atoms with E-state index in [-0.39, 0.29) is 30.3 Å². The number of hydrogen-bond acceptors (Lipinski definition) is 8. The number of carbonyl (C=O) groups is 2. The highest BCUT2D eigenvalue weighted by Gasteiger charge is 2.33. The average Bonchev–Trinajstić information content (AvgIpc) is 3.00. The van der Waals surface area contributed by atoms with Gasteiger partial charge in [0.15, 0.2) is 6.29 Å². The third-order valence-electron chi connectivity index (χ3n) is 6.36. The summed E-state index contributed by atoms with van der Waals surface area (Å²) in [6.07, 6.45) is 3.87. The molecule has 3 heterocycles. The van der Waals surface area contributed by atoms with Crippen LogP contribution in [0.15, 0.2) is 96.4 Å². The molecule has 3 N–H and O–H groups in total. The van der Waals surface area contributed by atoms with Crippen LogP contribution in [0.4, 0.5) is 5.69 Å². The van der Waals surface area contributed by atoms with Crippen molar-refractivity contribution in [3.63, 3.8) is 0 Å². The number of pyridine rings is 2. The highest BCUT2D eigenvalue weighted by atomic mass is 32.2. The molecule has 40 heavy (non-hydrogen) atoms. The van der Waals surface area contributed by atoms with Crippen LogP contribution in [0.3, 0.4) is 0 Å². The third-order valence-corrected chi connectivity index (χ3v) is 7.50. The van der Waals surface area contributed by atoms with Crippen molar-refractivity contribution in [2.45, 2.75) is 36.6 Å². The number of hydrogen-bond donors (Lipinski definition) is 3. The number of carboxylic acids is 1. The summed E-state index contributed by atoms with van der Waals surface area (Å²) in [5.41, 5.74) is 3.62. The predicted octanol–water partition coefficient (Wildman–Crippen LogP) is 5.26. The molecule has 1 fully saturated rings. The van der Waals surface area contributed by atoms with Crippen LogP contribution in [-0.4, -0.2) is 43.9 Å². The molecule has 2 aromatic heterocycles. The maximum Gasteiger partial charge on any atom is 0.338 e. The Balaban J connectivity index is 1.37. The van der Waals surface area contributed by atoms with Gasteiger partial charge in [0.1, 0.15) is 5.03 Å². The minimum atomic E-state index is -1.03. The van der Waals surface area contributed by atoms with Gasteiger partial charge < -0.3 is 25.0 Å². The smallest absolute Gasteiger partial charge is 0.338 e. The van der Waals surface area contributed by atoms with Crippen molar-refractivity contribution in [2.75, 3.05) is 11.1 Å². The van der Waals surface area contributed by atoms with Crippen LogP contribution >= 0.6 is 11.8 Å². The second kappa shape index (κ2) is 12.8. The van der Waals surface area contributed by atoms with E-state index in [1.807, 2.05) is 42.5 Å². The van der Waals surface area contributed by atoms with Gasteiger partial charge in [0.2, 0.25) is 0 Å². The van der Waals surface area contributed by atoms with Crippen molar-refractivity contribution in [3.8, 4) is 0 Å². The largest absolute Gasteiger partial charge is 0.478 e. The molecule has 4 aromatic rings. The predicted molar refractivity (Wildman–Crippen MR) is 149 cm³/mol. The fourth-order valence-electron chi connectivity index (χ4n) is 4.33. The number of aromatic nitrogens is 2. The standard InChI is InChI=1S/C30H27N3O6S/c34-17-19-8-10-20(11-9-19)26-15-24(18-40-28-25(29(36)37)7-3-13-32-28)38-30(39-26)21-4-1-6-23(14-21)33-27(35)22-5-2-12-31-16-22/h1-14,16,24,26,30,34H,15,17-18H2,(H,33,35)(H,36,37)/t24-,26+,30+/m1/s1. The number of rotatable bonds is 9. The molecule has 204 valence electrons. The van der Waals surface area contributed by atoms with Crippen molar-refractivity contribution >= 4 is 29.3 Å². The van der Waals surface area contributed by atoms with E-state index in [0.717, 1.165) is 16.7 Å². The normalized spacial score (nSPS) is 18.7. The Kier molecular flexibility index (Phi) is 8.82. The monoisotopic (exact) mass is 557 g/mol. The first kappa shape index (κ1) is 27.5. The van der Waals surface area contributed by atoms with Crippen LogP contribution in [0, 0.1) is 0 Å². The van der Waals surface area contributed by atoms with Crippen molar-refractivity contribution < 1.29 is 29.3 Å². The zero-order chi connectivity index (χ0) is 27.9. The third kappa shape index (κ3) is 6.72. The van der Waals surface area contributed by atoms with Gasteiger partial charge in [0, 0.05) is 42.0 Å². The van der Waals surface area contributed by atoms with E-state index < -0.39 is 12.3 Å². The van der Waals surface area contributed by atoms with Crippen LogP contribution < -0.4 is 5.32 Å². The Bertz CT molecular complexity index is 1470. The van der Waals surface area contributed by atoms with E-state index in [1.165, 1.54) is 24.0 Å². The van der Waals surface area contributed by atoms with E-state index in [0.29, 0.717) is 28.5 Å². The number of nitrogens with zero attached hydrogens (tertiary/aromatic N) is 2. The van der Waals surface area contributed by atoms with Crippen molar-refractivity contribution in [1.82, 2.24) is 9.97 Å². The molecule has 0 radical (unpaired) electrons. The molecule has 0 spiro atoms. The summed E-state index contributed by atoms with van der Waals surface area (Å²) in [6.45, 7) is -0.0512. The van der Waals surface area contributed by atoms with Crippen molar-refractivity contribution in [3.05, 3.63) is 119 Å². The molecule has 3 atom stereocenters. The van der Waals surface area contributed by atoms with Gasteiger partial charge in [-0.3, -0.25) is 9.78 Å². The maximum atomic E-state index is 12.7. The summed E-state index contributed by atoms with van der Waals surface area (Å²) in [7, 11) is 0. The molecule has 2 aromatic carbocycles. The van der Waals surface area contributed by atoms with Gasteiger partial charge in [-0.2, -0.15) is 0 Å². The summed E-state index contributed by atoms with van der Waals surface area (Å²) in [5.74, 6) is -0.857. The van der Waals surface area contributed by atoms with Crippen LogP contribution in [-0.2, 0) is 16.1 Å². The number of carbonyl (C=O) groups excluding carboxylic acids is 1. The molecule has 0 unspecified atom stereocenters. The van der Waals surface area contributed by atoms with E-state index in [1.54, 1.807) is 36.7 Å². The number of aliphatic hydroxyl groups excluding tert-OH is 1. The van der Waals surface area contributed by atoms with E-state index >= 15 is 0 Å². The van der Waals surface area contributed by atoms with Crippen LogP contribution in [0.2, 0.25) is 0 Å². The van der Waals surface area contributed by atoms with Crippen molar-refractivity contribution in [2.24, 2.45) is 0 Å². The summed E-state index contributed by atoms with van der Waals surface area (Å²) in [6, 6.07) is 21.4. The second-order valence-corrected chi connectivity index (χ2v) is 10.2. The topological polar surface area (TPSA) is 131 Å². The average molecular weight is 558 g/mol. The molecule has 0 aliphatic carbocycles. The molecule has 1 aliphatic rings. The van der Waals surface area contributed by atoms with Gasteiger partial charge in [-0.15, -0.1) is 11.8 Å². The van der Waals surface area contributed by atoms with Crippen LogP contribution in [0.5, 0.6) is 0 Å². The Morgan fingerprint density at radius 2 is 1.80 bits per heavy atom. The SMILES string of the molecule is O=C(Nc1cccc([C@H]2O[C@@H](CSc3ncccc3C(=O)O)C[C@@H](c3ccc(CO)cc3)O2)c1)c1cccnc1. The van der Waals surface area contributed by atoms with Crippen molar-refractivity contribution in [1.29, 1.82) is 0 Å². The molecule has 10 heteroatoms.